The molecule has 2 unspecified atom stereocenters. The van der Waals surface area contributed by atoms with Crippen molar-refractivity contribution in [2.45, 2.75) is 46.6 Å². The average Bonchev–Trinajstić information content (AvgIpc) is 3.04. The van der Waals surface area contributed by atoms with E-state index in [1.807, 2.05) is 0 Å². The largest absolute Gasteiger partial charge is 0.371 e. The molecule has 0 saturated heterocycles. The number of nitrogens with zero attached hydrogens (tertiary/aromatic N) is 2. The number of anilines is 2. The Morgan fingerprint density at radius 2 is 1.86 bits per heavy atom. The molecular formula is C17H26N4. The molecule has 2 atom stereocenters. The summed E-state index contributed by atoms with van der Waals surface area (Å²) < 4.78 is 0. The van der Waals surface area contributed by atoms with Crippen LogP contribution in [0.5, 0.6) is 0 Å². The number of benzene rings is 1. The lowest BCUT2D eigenvalue weighted by Crippen LogP contribution is -2.28. The van der Waals surface area contributed by atoms with Crippen LogP contribution in [0.3, 0.4) is 0 Å². The maximum Gasteiger partial charge on any atom is 0.195 e. The Labute approximate surface area is 127 Å². The van der Waals surface area contributed by atoms with Gasteiger partial charge in [0.1, 0.15) is 0 Å². The smallest absolute Gasteiger partial charge is 0.195 e. The minimum Gasteiger partial charge on any atom is -0.371 e. The number of hydrogen-bond acceptors (Lipinski definition) is 4. The van der Waals surface area contributed by atoms with Crippen molar-refractivity contribution in [3.63, 3.8) is 0 Å². The molecule has 2 heterocycles. The van der Waals surface area contributed by atoms with Crippen molar-refractivity contribution in [2.24, 2.45) is 4.99 Å². The Morgan fingerprint density at radius 3 is 2.48 bits per heavy atom. The first-order chi connectivity index (χ1) is 9.93. The Hall–Kier alpha value is -1.71. The van der Waals surface area contributed by atoms with Crippen LogP contribution in [0.4, 0.5) is 11.4 Å². The van der Waals surface area contributed by atoms with Crippen LogP contribution in [-0.4, -0.2) is 32.1 Å². The number of nitrogens with one attached hydrogen (secondary N) is 2. The highest BCUT2D eigenvalue weighted by molar-refractivity contribution is 5.97. The molecule has 4 nitrogen and oxygen atoms in total. The Kier molecular flexibility index (Phi) is 3.34. The Balaban J connectivity index is 2.13. The van der Waals surface area contributed by atoms with Gasteiger partial charge >= 0.3 is 0 Å². The molecule has 2 N–H and O–H groups in total. The predicted molar refractivity (Wildman–Crippen MR) is 90.9 cm³/mol. The van der Waals surface area contributed by atoms with E-state index in [9.17, 15) is 0 Å². The lowest BCUT2D eigenvalue weighted by atomic mass is 9.89. The first-order valence-electron chi connectivity index (χ1n) is 7.85. The number of fused-ring (bicyclic) bond motifs is 1. The molecule has 114 valence electrons. The summed E-state index contributed by atoms with van der Waals surface area (Å²) in [4.78, 5) is 6.89. The fourth-order valence-electron chi connectivity index (χ4n) is 3.75. The summed E-state index contributed by atoms with van der Waals surface area (Å²) in [6.07, 6.45) is 0. The van der Waals surface area contributed by atoms with Gasteiger partial charge in [-0.2, -0.15) is 0 Å². The van der Waals surface area contributed by atoms with E-state index < -0.39 is 0 Å². The lowest BCUT2D eigenvalue weighted by Gasteiger charge is -2.24. The molecule has 1 aromatic carbocycles. The van der Waals surface area contributed by atoms with Crippen LogP contribution in [0.2, 0.25) is 0 Å². The topological polar surface area (TPSA) is 39.7 Å². The molecule has 0 bridgehead atoms. The van der Waals surface area contributed by atoms with Crippen LogP contribution >= 0.6 is 0 Å². The van der Waals surface area contributed by atoms with Crippen LogP contribution in [0, 0.1) is 20.8 Å². The summed E-state index contributed by atoms with van der Waals surface area (Å²) in [5.41, 5.74) is 8.24. The van der Waals surface area contributed by atoms with Gasteiger partial charge in [-0.3, -0.25) is 4.99 Å². The normalized spacial score (nSPS) is 23.9. The van der Waals surface area contributed by atoms with E-state index in [0.29, 0.717) is 12.0 Å². The van der Waals surface area contributed by atoms with Crippen LogP contribution < -0.4 is 15.5 Å². The molecule has 0 spiro atoms. The van der Waals surface area contributed by atoms with Crippen LogP contribution in [0.1, 0.15) is 42.0 Å². The number of aliphatic imine (C=N–C) groups is 1. The third-order valence-electron chi connectivity index (χ3n) is 5.39. The van der Waals surface area contributed by atoms with Crippen LogP contribution in [-0.2, 0) is 0 Å². The van der Waals surface area contributed by atoms with Gasteiger partial charge in [0.2, 0.25) is 0 Å². The first-order valence-corrected chi connectivity index (χ1v) is 7.85. The second-order valence-corrected chi connectivity index (χ2v) is 6.43. The van der Waals surface area contributed by atoms with Gasteiger partial charge in [-0.05, 0) is 49.9 Å². The lowest BCUT2D eigenvalue weighted by molar-refractivity contribution is 0.624. The third-order valence-corrected chi connectivity index (χ3v) is 5.39. The molecule has 0 fully saturated rings. The predicted octanol–water partition coefficient (Wildman–Crippen LogP) is 2.92. The average molecular weight is 286 g/mol. The molecule has 2 aliphatic heterocycles. The monoisotopic (exact) mass is 286 g/mol. The molecule has 1 aromatic rings. The molecular weight excluding hydrogens is 260 g/mol. The highest BCUT2D eigenvalue weighted by atomic mass is 15.2. The zero-order chi connectivity index (χ0) is 15.3. The van der Waals surface area contributed by atoms with E-state index in [1.165, 1.54) is 33.6 Å². The van der Waals surface area contributed by atoms with Crippen molar-refractivity contribution in [3.05, 3.63) is 22.3 Å². The van der Waals surface area contributed by atoms with E-state index >= 15 is 0 Å². The minimum atomic E-state index is 0.550. The third kappa shape index (κ3) is 2.00. The molecule has 0 aliphatic carbocycles. The minimum absolute atomic E-state index is 0.550. The van der Waals surface area contributed by atoms with Crippen molar-refractivity contribution in [1.29, 1.82) is 0 Å². The zero-order valence-electron chi connectivity index (χ0n) is 14.0. The van der Waals surface area contributed by atoms with Crippen molar-refractivity contribution < 1.29 is 0 Å². The molecule has 2 aliphatic rings. The zero-order valence-corrected chi connectivity index (χ0v) is 14.0. The molecule has 0 aromatic heterocycles. The van der Waals surface area contributed by atoms with E-state index in [0.717, 1.165) is 19.0 Å². The Bertz CT molecular complexity index is 618. The standard InChI is InChI=1S/C17H26N4/c1-9-10(2)15(20-17-18-7-8-19-17)12(4)16-14(9)11(3)13(5)21(16)6/h11,13H,7-8H2,1-6H3,(H2,18,19,20). The number of rotatable bonds is 1. The van der Waals surface area contributed by atoms with E-state index in [4.69, 9.17) is 0 Å². The fraction of sp³-hybridized carbons (Fsp3) is 0.588. The van der Waals surface area contributed by atoms with Crippen molar-refractivity contribution in [3.8, 4) is 0 Å². The van der Waals surface area contributed by atoms with E-state index in [1.54, 1.807) is 0 Å². The fourth-order valence-corrected chi connectivity index (χ4v) is 3.75. The highest BCUT2D eigenvalue weighted by Gasteiger charge is 2.35. The molecule has 0 amide bonds. The summed E-state index contributed by atoms with van der Waals surface area (Å²) in [6.45, 7) is 13.1. The molecule has 4 heteroatoms. The van der Waals surface area contributed by atoms with Crippen LogP contribution in [0.15, 0.2) is 4.99 Å². The van der Waals surface area contributed by atoms with Gasteiger partial charge in [-0.25, -0.2) is 0 Å². The summed E-state index contributed by atoms with van der Waals surface area (Å²) in [5.74, 6) is 1.49. The van der Waals surface area contributed by atoms with Crippen molar-refractivity contribution in [1.82, 2.24) is 5.32 Å². The molecule has 0 saturated carbocycles. The number of hydrogen-bond donors (Lipinski definition) is 2. The van der Waals surface area contributed by atoms with Gasteiger partial charge in [0, 0.05) is 36.9 Å². The van der Waals surface area contributed by atoms with Crippen molar-refractivity contribution in [2.75, 3.05) is 30.4 Å². The summed E-state index contributed by atoms with van der Waals surface area (Å²) in [7, 11) is 2.21. The van der Waals surface area contributed by atoms with E-state index in [2.05, 4.69) is 62.2 Å². The number of guanidine groups is 1. The number of likely N-dealkylation sites (N-methyl/N-ethyl adjacent to an activating group) is 1. The summed E-state index contributed by atoms with van der Waals surface area (Å²) >= 11 is 0. The van der Waals surface area contributed by atoms with Gasteiger partial charge in [-0.15, -0.1) is 0 Å². The maximum absolute atomic E-state index is 4.47. The first kappa shape index (κ1) is 14.2. The quantitative estimate of drug-likeness (QED) is 0.834. The van der Waals surface area contributed by atoms with Gasteiger partial charge in [0.05, 0.1) is 6.54 Å². The molecule has 3 rings (SSSR count). The van der Waals surface area contributed by atoms with Gasteiger partial charge in [0.25, 0.3) is 0 Å². The second kappa shape index (κ2) is 4.93. The SMILES string of the molecule is Cc1c(C)c2c(c(C)c1NC1=NCCN1)N(C)C(C)C2C. The van der Waals surface area contributed by atoms with Gasteiger partial charge in [0.15, 0.2) is 5.96 Å². The summed E-state index contributed by atoms with van der Waals surface area (Å²) in [5, 5.41) is 6.81. The second-order valence-electron chi connectivity index (χ2n) is 6.43. The van der Waals surface area contributed by atoms with Crippen molar-refractivity contribution >= 4 is 17.3 Å². The van der Waals surface area contributed by atoms with Gasteiger partial charge < -0.3 is 15.5 Å². The summed E-state index contributed by atoms with van der Waals surface area (Å²) in [6, 6.07) is 0.550. The van der Waals surface area contributed by atoms with Crippen LogP contribution in [0.25, 0.3) is 0 Å². The molecule has 21 heavy (non-hydrogen) atoms. The Morgan fingerprint density at radius 1 is 1.14 bits per heavy atom. The highest BCUT2D eigenvalue weighted by Crippen LogP contribution is 2.47. The van der Waals surface area contributed by atoms with Gasteiger partial charge in [-0.1, -0.05) is 6.92 Å². The van der Waals surface area contributed by atoms with E-state index in [-0.39, 0.29) is 0 Å². The molecule has 0 radical (unpaired) electrons. The maximum atomic E-state index is 4.47.